The third-order valence-corrected chi connectivity index (χ3v) is 2.95. The molecule has 1 aliphatic rings. The van der Waals surface area contributed by atoms with Crippen LogP contribution in [0.25, 0.3) is 0 Å². The van der Waals surface area contributed by atoms with E-state index in [1.807, 2.05) is 13.0 Å². The van der Waals surface area contributed by atoms with Crippen molar-refractivity contribution in [3.05, 3.63) is 18.0 Å². The van der Waals surface area contributed by atoms with Crippen LogP contribution >= 0.6 is 0 Å². The minimum absolute atomic E-state index is 0.747. The van der Waals surface area contributed by atoms with Crippen LogP contribution in [0, 0.1) is 6.92 Å². The largest absolute Gasteiger partial charge is 0.353 e. The van der Waals surface area contributed by atoms with Crippen LogP contribution in [0.3, 0.4) is 0 Å². The molecule has 0 spiro atoms. The van der Waals surface area contributed by atoms with Crippen molar-refractivity contribution in [1.29, 1.82) is 0 Å². The zero-order valence-electron chi connectivity index (χ0n) is 9.95. The summed E-state index contributed by atoms with van der Waals surface area (Å²) in [5.41, 5.74) is 1.01. The second-order valence-corrected chi connectivity index (χ2v) is 4.35. The molecule has 2 rings (SSSR count). The SMILES string of the molecule is Cc1ccnc(NCCN2CCCCC2)n1. The van der Waals surface area contributed by atoms with Crippen molar-refractivity contribution in [1.82, 2.24) is 14.9 Å². The van der Waals surface area contributed by atoms with E-state index in [4.69, 9.17) is 0 Å². The van der Waals surface area contributed by atoms with Crippen LogP contribution in [0.4, 0.5) is 5.95 Å². The Labute approximate surface area is 97.1 Å². The van der Waals surface area contributed by atoms with Crippen LogP contribution in [0.2, 0.25) is 0 Å². The van der Waals surface area contributed by atoms with Gasteiger partial charge in [-0.05, 0) is 38.9 Å². The van der Waals surface area contributed by atoms with E-state index in [2.05, 4.69) is 20.2 Å². The Bertz CT molecular complexity index is 321. The molecule has 2 heterocycles. The molecule has 4 nitrogen and oxygen atoms in total. The van der Waals surface area contributed by atoms with Crippen molar-refractivity contribution in [3.63, 3.8) is 0 Å². The number of rotatable bonds is 4. The van der Waals surface area contributed by atoms with Gasteiger partial charge >= 0.3 is 0 Å². The molecule has 0 bridgehead atoms. The zero-order chi connectivity index (χ0) is 11.2. The monoisotopic (exact) mass is 220 g/mol. The third-order valence-electron chi connectivity index (χ3n) is 2.95. The molecule has 1 saturated heterocycles. The Morgan fingerprint density at radius 1 is 1.31 bits per heavy atom. The van der Waals surface area contributed by atoms with Crippen molar-refractivity contribution in [2.45, 2.75) is 26.2 Å². The van der Waals surface area contributed by atoms with Gasteiger partial charge in [-0.25, -0.2) is 9.97 Å². The standard InChI is InChI=1S/C12H20N4/c1-11-5-6-13-12(15-11)14-7-10-16-8-3-2-4-9-16/h5-6H,2-4,7-10H2,1H3,(H,13,14,15). The molecule has 0 unspecified atom stereocenters. The Morgan fingerprint density at radius 2 is 2.12 bits per heavy atom. The molecule has 0 aromatic carbocycles. The molecular formula is C12H20N4. The van der Waals surface area contributed by atoms with Gasteiger partial charge in [0.1, 0.15) is 0 Å². The van der Waals surface area contributed by atoms with E-state index in [1.165, 1.54) is 32.4 Å². The second-order valence-electron chi connectivity index (χ2n) is 4.35. The molecule has 0 atom stereocenters. The highest BCUT2D eigenvalue weighted by molar-refractivity contribution is 5.24. The van der Waals surface area contributed by atoms with Gasteiger partial charge in [0, 0.05) is 25.0 Å². The predicted octanol–water partition coefficient (Wildman–Crippen LogP) is 1.68. The fourth-order valence-electron chi connectivity index (χ4n) is 2.04. The average Bonchev–Trinajstić information content (AvgIpc) is 2.30. The summed E-state index contributed by atoms with van der Waals surface area (Å²) >= 11 is 0. The summed E-state index contributed by atoms with van der Waals surface area (Å²) in [6.45, 7) is 6.50. The number of aryl methyl sites for hydroxylation is 1. The smallest absolute Gasteiger partial charge is 0.222 e. The third kappa shape index (κ3) is 3.45. The predicted molar refractivity (Wildman–Crippen MR) is 65.5 cm³/mol. The van der Waals surface area contributed by atoms with Gasteiger partial charge < -0.3 is 10.2 Å². The number of likely N-dealkylation sites (tertiary alicyclic amines) is 1. The second kappa shape index (κ2) is 5.80. The molecule has 1 fully saturated rings. The number of nitrogens with zero attached hydrogens (tertiary/aromatic N) is 3. The van der Waals surface area contributed by atoms with Gasteiger partial charge in [-0.15, -0.1) is 0 Å². The molecule has 1 N–H and O–H groups in total. The van der Waals surface area contributed by atoms with Gasteiger partial charge in [0.05, 0.1) is 0 Å². The molecule has 0 saturated carbocycles. The normalized spacial score (nSPS) is 17.3. The lowest BCUT2D eigenvalue weighted by molar-refractivity contribution is 0.237. The molecule has 0 aliphatic carbocycles. The Morgan fingerprint density at radius 3 is 2.88 bits per heavy atom. The number of hydrogen-bond donors (Lipinski definition) is 1. The molecule has 88 valence electrons. The zero-order valence-corrected chi connectivity index (χ0v) is 9.95. The number of hydrogen-bond acceptors (Lipinski definition) is 4. The summed E-state index contributed by atoms with van der Waals surface area (Å²) in [5, 5.41) is 3.27. The maximum Gasteiger partial charge on any atom is 0.222 e. The van der Waals surface area contributed by atoms with Crippen LogP contribution in [0.15, 0.2) is 12.3 Å². The summed E-state index contributed by atoms with van der Waals surface area (Å²) in [4.78, 5) is 11.0. The molecule has 16 heavy (non-hydrogen) atoms. The minimum Gasteiger partial charge on any atom is -0.353 e. The van der Waals surface area contributed by atoms with E-state index >= 15 is 0 Å². The van der Waals surface area contributed by atoms with Gasteiger partial charge in [0.2, 0.25) is 5.95 Å². The van der Waals surface area contributed by atoms with Crippen molar-refractivity contribution in [2.75, 3.05) is 31.5 Å². The summed E-state index contributed by atoms with van der Waals surface area (Å²) < 4.78 is 0. The lowest BCUT2D eigenvalue weighted by atomic mass is 10.1. The van der Waals surface area contributed by atoms with Crippen molar-refractivity contribution < 1.29 is 0 Å². The van der Waals surface area contributed by atoms with Crippen molar-refractivity contribution in [2.24, 2.45) is 0 Å². The van der Waals surface area contributed by atoms with Gasteiger partial charge in [-0.1, -0.05) is 6.42 Å². The van der Waals surface area contributed by atoms with Gasteiger partial charge in [-0.3, -0.25) is 0 Å². The van der Waals surface area contributed by atoms with E-state index in [1.54, 1.807) is 6.20 Å². The lowest BCUT2D eigenvalue weighted by Crippen LogP contribution is -2.33. The van der Waals surface area contributed by atoms with Gasteiger partial charge in [0.15, 0.2) is 0 Å². The fourth-order valence-corrected chi connectivity index (χ4v) is 2.04. The van der Waals surface area contributed by atoms with Crippen LogP contribution in [-0.2, 0) is 0 Å². The maximum atomic E-state index is 4.32. The first-order valence-electron chi connectivity index (χ1n) is 6.10. The molecule has 0 amide bonds. The highest BCUT2D eigenvalue weighted by Gasteiger charge is 2.08. The van der Waals surface area contributed by atoms with Crippen LogP contribution in [0.5, 0.6) is 0 Å². The first-order valence-corrected chi connectivity index (χ1v) is 6.10. The fraction of sp³-hybridized carbons (Fsp3) is 0.667. The summed E-state index contributed by atoms with van der Waals surface area (Å²) in [6.07, 6.45) is 5.89. The van der Waals surface area contributed by atoms with Gasteiger partial charge in [0.25, 0.3) is 0 Å². The average molecular weight is 220 g/mol. The molecule has 1 aromatic heterocycles. The molecular weight excluding hydrogens is 200 g/mol. The number of aromatic nitrogens is 2. The van der Waals surface area contributed by atoms with Crippen molar-refractivity contribution >= 4 is 5.95 Å². The quantitative estimate of drug-likeness (QED) is 0.838. The Balaban J connectivity index is 1.71. The number of anilines is 1. The van der Waals surface area contributed by atoms with E-state index in [0.29, 0.717) is 0 Å². The van der Waals surface area contributed by atoms with E-state index in [0.717, 1.165) is 24.7 Å². The first-order chi connectivity index (χ1) is 7.84. The lowest BCUT2D eigenvalue weighted by Gasteiger charge is -2.26. The Kier molecular flexibility index (Phi) is 4.10. The van der Waals surface area contributed by atoms with E-state index < -0.39 is 0 Å². The van der Waals surface area contributed by atoms with Gasteiger partial charge in [-0.2, -0.15) is 0 Å². The van der Waals surface area contributed by atoms with Crippen LogP contribution < -0.4 is 5.32 Å². The molecule has 4 heteroatoms. The molecule has 0 radical (unpaired) electrons. The topological polar surface area (TPSA) is 41.1 Å². The van der Waals surface area contributed by atoms with Crippen LogP contribution in [-0.4, -0.2) is 41.0 Å². The van der Waals surface area contributed by atoms with E-state index in [9.17, 15) is 0 Å². The van der Waals surface area contributed by atoms with Crippen LogP contribution in [0.1, 0.15) is 25.0 Å². The summed E-state index contributed by atoms with van der Waals surface area (Å²) in [6, 6.07) is 1.91. The first kappa shape index (κ1) is 11.3. The molecule has 1 aliphatic heterocycles. The Hall–Kier alpha value is -1.16. The summed E-state index contributed by atoms with van der Waals surface area (Å²) in [5.74, 6) is 0.747. The number of piperidine rings is 1. The van der Waals surface area contributed by atoms with Crippen molar-refractivity contribution in [3.8, 4) is 0 Å². The van der Waals surface area contributed by atoms with E-state index in [-0.39, 0.29) is 0 Å². The maximum absolute atomic E-state index is 4.32. The summed E-state index contributed by atoms with van der Waals surface area (Å²) in [7, 11) is 0. The highest BCUT2D eigenvalue weighted by atomic mass is 15.2. The molecule has 1 aromatic rings. The highest BCUT2D eigenvalue weighted by Crippen LogP contribution is 2.07. The number of nitrogens with one attached hydrogen (secondary N) is 1. The minimum atomic E-state index is 0.747.